The molecule has 0 aliphatic heterocycles. The van der Waals surface area contributed by atoms with Crippen LogP contribution in [0.1, 0.15) is 23.2 Å². The van der Waals surface area contributed by atoms with Gasteiger partial charge in [0.1, 0.15) is 34.5 Å². The topological polar surface area (TPSA) is 135 Å². The van der Waals surface area contributed by atoms with E-state index >= 15 is 0 Å². The number of carbonyl (C=O) groups excluding carboxylic acids is 1. The molecule has 0 spiro atoms. The van der Waals surface area contributed by atoms with E-state index in [4.69, 9.17) is 4.74 Å². The number of nitrogens with zero attached hydrogens (tertiary/aromatic N) is 6. The molecule has 4 rings (SSSR count). The van der Waals surface area contributed by atoms with Crippen molar-refractivity contribution in [2.75, 3.05) is 5.32 Å². The fourth-order valence-corrected chi connectivity index (χ4v) is 3.94. The molecular formula is C20H15N7O3S2. The normalized spacial score (nSPS) is 11.3. The molecule has 1 amide bonds. The number of benzene rings is 1. The lowest BCUT2D eigenvalue weighted by Crippen LogP contribution is -2.16. The Kier molecular flexibility index (Phi) is 6.29. The maximum atomic E-state index is 12.2. The van der Waals surface area contributed by atoms with E-state index in [2.05, 4.69) is 25.6 Å². The SMILES string of the molecule is CCc1nn2c(=O)cc(COc3ccc(/C=C(/C#N)C(=O)Nc4nncs4)cc3)nc2s1. The van der Waals surface area contributed by atoms with Gasteiger partial charge in [0, 0.05) is 6.07 Å². The molecule has 0 aliphatic carbocycles. The highest BCUT2D eigenvalue weighted by molar-refractivity contribution is 7.16. The van der Waals surface area contributed by atoms with E-state index in [-0.39, 0.29) is 17.7 Å². The molecular weight excluding hydrogens is 450 g/mol. The average molecular weight is 466 g/mol. The molecule has 0 atom stereocenters. The van der Waals surface area contributed by atoms with E-state index < -0.39 is 5.91 Å². The van der Waals surface area contributed by atoms with E-state index in [9.17, 15) is 14.9 Å². The van der Waals surface area contributed by atoms with Gasteiger partial charge in [0.15, 0.2) is 0 Å². The lowest BCUT2D eigenvalue weighted by molar-refractivity contribution is -0.112. The van der Waals surface area contributed by atoms with Gasteiger partial charge in [-0.25, -0.2) is 4.98 Å². The minimum atomic E-state index is -0.563. The zero-order chi connectivity index (χ0) is 22.5. The van der Waals surface area contributed by atoms with Gasteiger partial charge in [-0.1, -0.05) is 41.7 Å². The van der Waals surface area contributed by atoms with Crippen molar-refractivity contribution < 1.29 is 9.53 Å². The van der Waals surface area contributed by atoms with Crippen LogP contribution >= 0.6 is 22.7 Å². The van der Waals surface area contributed by atoms with Crippen LogP contribution in [-0.4, -0.2) is 30.7 Å². The fraction of sp³-hybridized carbons (Fsp3) is 0.150. The van der Waals surface area contributed by atoms with E-state index in [1.165, 1.54) is 33.5 Å². The summed E-state index contributed by atoms with van der Waals surface area (Å²) in [4.78, 5) is 29.4. The van der Waals surface area contributed by atoms with Gasteiger partial charge < -0.3 is 4.74 Å². The molecule has 0 unspecified atom stereocenters. The molecule has 3 aromatic heterocycles. The molecule has 12 heteroatoms. The molecule has 32 heavy (non-hydrogen) atoms. The molecule has 0 saturated heterocycles. The number of amides is 1. The van der Waals surface area contributed by atoms with Gasteiger partial charge in [-0.3, -0.25) is 14.9 Å². The maximum absolute atomic E-state index is 12.2. The van der Waals surface area contributed by atoms with Gasteiger partial charge in [-0.15, -0.1) is 10.2 Å². The molecule has 10 nitrogen and oxygen atoms in total. The number of fused-ring (bicyclic) bond motifs is 1. The number of rotatable bonds is 7. The van der Waals surface area contributed by atoms with Gasteiger partial charge in [0.25, 0.3) is 11.5 Å². The summed E-state index contributed by atoms with van der Waals surface area (Å²) in [6.45, 7) is 2.09. The number of aryl methyl sites for hydroxylation is 1. The van der Waals surface area contributed by atoms with Crippen LogP contribution in [0.5, 0.6) is 5.75 Å². The van der Waals surface area contributed by atoms with Crippen LogP contribution in [0, 0.1) is 11.3 Å². The number of nitrogens with one attached hydrogen (secondary N) is 1. The quantitative estimate of drug-likeness (QED) is 0.325. The summed E-state index contributed by atoms with van der Waals surface area (Å²) in [5, 5.41) is 24.5. The molecule has 1 aromatic carbocycles. The minimum absolute atomic E-state index is 0.0668. The Hall–Kier alpha value is -3.95. The van der Waals surface area contributed by atoms with Crippen LogP contribution in [0.4, 0.5) is 5.13 Å². The number of ether oxygens (including phenoxy) is 1. The highest BCUT2D eigenvalue weighted by Gasteiger charge is 2.12. The first-order valence-electron chi connectivity index (χ1n) is 9.36. The summed E-state index contributed by atoms with van der Waals surface area (Å²) in [6.07, 6.45) is 2.20. The fourth-order valence-electron chi connectivity index (χ4n) is 2.64. The summed E-state index contributed by atoms with van der Waals surface area (Å²) in [6, 6.07) is 10.1. The molecule has 0 fully saturated rings. The van der Waals surface area contributed by atoms with Gasteiger partial charge in [0.05, 0.1) is 5.69 Å². The second-order valence-electron chi connectivity index (χ2n) is 6.35. The van der Waals surface area contributed by atoms with Gasteiger partial charge >= 0.3 is 0 Å². The Morgan fingerprint density at radius 2 is 2.16 bits per heavy atom. The Morgan fingerprint density at radius 1 is 1.34 bits per heavy atom. The average Bonchev–Trinajstić information content (AvgIpc) is 3.46. The first-order chi connectivity index (χ1) is 15.6. The monoisotopic (exact) mass is 465 g/mol. The highest BCUT2D eigenvalue weighted by atomic mass is 32.1. The molecule has 160 valence electrons. The lowest BCUT2D eigenvalue weighted by atomic mass is 10.1. The van der Waals surface area contributed by atoms with Crippen LogP contribution in [0.15, 0.2) is 46.2 Å². The van der Waals surface area contributed by atoms with Crippen LogP contribution in [0.3, 0.4) is 0 Å². The second-order valence-corrected chi connectivity index (χ2v) is 8.23. The lowest BCUT2D eigenvalue weighted by Gasteiger charge is -2.06. The van der Waals surface area contributed by atoms with Crippen molar-refractivity contribution in [3.63, 3.8) is 0 Å². The number of hydrogen-bond donors (Lipinski definition) is 1. The molecule has 0 bridgehead atoms. The molecule has 0 radical (unpaired) electrons. The number of nitriles is 1. The Balaban J connectivity index is 1.43. The summed E-state index contributed by atoms with van der Waals surface area (Å²) in [5.74, 6) is -0.00820. The smallest absolute Gasteiger partial charge is 0.275 e. The summed E-state index contributed by atoms with van der Waals surface area (Å²) in [5.41, 5.74) is 2.32. The van der Waals surface area contributed by atoms with E-state index in [0.29, 0.717) is 27.1 Å². The molecule has 1 N–H and O–H groups in total. The Labute approximate surface area is 189 Å². The van der Waals surface area contributed by atoms with E-state index in [0.717, 1.165) is 22.8 Å². The first kappa shape index (κ1) is 21.3. The zero-order valence-corrected chi connectivity index (χ0v) is 18.3. The zero-order valence-electron chi connectivity index (χ0n) is 16.7. The van der Waals surface area contributed by atoms with Crippen LogP contribution < -0.4 is 15.6 Å². The number of carbonyl (C=O) groups is 1. The van der Waals surface area contributed by atoms with Crippen LogP contribution in [-0.2, 0) is 17.8 Å². The van der Waals surface area contributed by atoms with E-state index in [1.54, 1.807) is 24.3 Å². The van der Waals surface area contributed by atoms with E-state index in [1.807, 2.05) is 13.0 Å². The van der Waals surface area contributed by atoms with Crippen molar-refractivity contribution in [2.45, 2.75) is 20.0 Å². The minimum Gasteiger partial charge on any atom is -0.487 e. The maximum Gasteiger partial charge on any atom is 0.275 e. The third-order valence-electron chi connectivity index (χ3n) is 4.17. The molecule has 4 aromatic rings. The van der Waals surface area contributed by atoms with Crippen molar-refractivity contribution in [3.05, 3.63) is 68.0 Å². The van der Waals surface area contributed by atoms with Gasteiger partial charge in [-0.05, 0) is 30.2 Å². The van der Waals surface area contributed by atoms with Crippen molar-refractivity contribution in [2.24, 2.45) is 0 Å². The number of aromatic nitrogens is 5. The van der Waals surface area contributed by atoms with Crippen molar-refractivity contribution >= 4 is 44.7 Å². The third-order valence-corrected chi connectivity index (χ3v) is 5.83. The Bertz CT molecular complexity index is 1380. The van der Waals surface area contributed by atoms with Crippen molar-refractivity contribution in [1.29, 1.82) is 5.26 Å². The van der Waals surface area contributed by atoms with Crippen LogP contribution in [0.2, 0.25) is 0 Å². The molecule has 3 heterocycles. The van der Waals surface area contributed by atoms with Crippen molar-refractivity contribution in [1.82, 2.24) is 24.8 Å². The summed E-state index contributed by atoms with van der Waals surface area (Å²) >= 11 is 2.53. The van der Waals surface area contributed by atoms with Crippen molar-refractivity contribution in [3.8, 4) is 11.8 Å². The standard InChI is InChI=1S/C20H15N7O3S2/c1-2-16-26-27-17(28)8-14(23-20(27)32-16)10-30-15-5-3-12(4-6-15)7-13(9-21)18(29)24-19-25-22-11-31-19/h3-8,11H,2,10H2,1H3,(H,24,25,29)/b13-7-. The molecule has 0 saturated carbocycles. The predicted molar refractivity (Wildman–Crippen MR) is 119 cm³/mol. The number of anilines is 1. The van der Waals surface area contributed by atoms with Crippen LogP contribution in [0.25, 0.3) is 11.0 Å². The second kappa shape index (κ2) is 9.46. The number of hydrogen-bond acceptors (Lipinski definition) is 10. The first-order valence-corrected chi connectivity index (χ1v) is 11.1. The summed E-state index contributed by atoms with van der Waals surface area (Å²) < 4.78 is 7.02. The Morgan fingerprint density at radius 3 is 2.84 bits per heavy atom. The van der Waals surface area contributed by atoms with Gasteiger partial charge in [-0.2, -0.15) is 14.9 Å². The predicted octanol–water partition coefficient (Wildman–Crippen LogP) is 2.69. The largest absolute Gasteiger partial charge is 0.487 e. The summed E-state index contributed by atoms with van der Waals surface area (Å²) in [7, 11) is 0. The molecule has 0 aliphatic rings. The van der Waals surface area contributed by atoms with Gasteiger partial charge in [0.2, 0.25) is 10.1 Å². The third kappa shape index (κ3) is 4.85. The highest BCUT2D eigenvalue weighted by Crippen LogP contribution is 2.18.